The number of aromatic nitrogens is 4. The van der Waals surface area contributed by atoms with E-state index in [1.165, 1.54) is 23.1 Å². The Morgan fingerprint density at radius 3 is 2.81 bits per heavy atom. The number of nitrogens with zero attached hydrogens (tertiary/aromatic N) is 4. The number of thioether (sulfide) groups is 1. The minimum absolute atomic E-state index is 0.0764. The van der Waals surface area contributed by atoms with Crippen molar-refractivity contribution in [2.45, 2.75) is 25.5 Å². The molecule has 4 aromatic heterocycles. The van der Waals surface area contributed by atoms with Crippen LogP contribution in [-0.4, -0.2) is 30.8 Å². The second-order valence-corrected chi connectivity index (χ2v) is 10.3. The molecule has 1 aromatic carbocycles. The minimum Gasteiger partial charge on any atom is -0.325 e. The molecule has 0 radical (unpaired) electrons. The van der Waals surface area contributed by atoms with E-state index in [0.29, 0.717) is 22.2 Å². The number of carbonyl (C=O) groups excluding carboxylic acids is 1. The first-order chi connectivity index (χ1) is 15.5. The maximum Gasteiger partial charge on any atom is 0.273 e. The van der Waals surface area contributed by atoms with Crippen molar-refractivity contribution in [2.75, 3.05) is 11.1 Å². The molecular formula is C22H19N5O2S3. The highest BCUT2D eigenvalue weighted by Crippen LogP contribution is 2.25. The molecule has 4 heterocycles. The number of nitrogens with one attached hydrogen (secondary N) is 1. The van der Waals surface area contributed by atoms with E-state index in [1.54, 1.807) is 15.9 Å². The maximum absolute atomic E-state index is 13.1. The molecule has 0 aliphatic rings. The zero-order valence-corrected chi connectivity index (χ0v) is 19.8. The number of rotatable bonds is 6. The summed E-state index contributed by atoms with van der Waals surface area (Å²) in [4.78, 5) is 26.8. The van der Waals surface area contributed by atoms with E-state index in [1.807, 2.05) is 65.4 Å². The molecule has 0 saturated heterocycles. The van der Waals surface area contributed by atoms with Crippen LogP contribution < -0.4 is 10.9 Å². The van der Waals surface area contributed by atoms with E-state index in [4.69, 9.17) is 0 Å². The lowest BCUT2D eigenvalue weighted by atomic mass is 10.1. The monoisotopic (exact) mass is 481 g/mol. The Hall–Kier alpha value is -2.95. The summed E-state index contributed by atoms with van der Waals surface area (Å²) in [5.74, 6) is 0.546. The molecule has 0 aliphatic carbocycles. The smallest absolute Gasteiger partial charge is 0.273 e. The largest absolute Gasteiger partial charge is 0.325 e. The Bertz CT molecular complexity index is 1500. The van der Waals surface area contributed by atoms with Gasteiger partial charge >= 0.3 is 0 Å². The van der Waals surface area contributed by atoms with Crippen LogP contribution in [0.2, 0.25) is 0 Å². The molecule has 1 N–H and O–H groups in total. The number of fused-ring (bicyclic) bond motifs is 3. The van der Waals surface area contributed by atoms with Gasteiger partial charge in [-0.05, 0) is 53.9 Å². The quantitative estimate of drug-likeness (QED) is 0.360. The highest BCUT2D eigenvalue weighted by Gasteiger charge is 2.19. The molecule has 32 heavy (non-hydrogen) atoms. The molecule has 0 spiro atoms. The molecule has 7 nitrogen and oxygen atoms in total. The Morgan fingerprint density at radius 1 is 1.12 bits per heavy atom. The van der Waals surface area contributed by atoms with Crippen LogP contribution in [0.4, 0.5) is 5.69 Å². The number of hydrogen-bond acceptors (Lipinski definition) is 7. The summed E-state index contributed by atoms with van der Waals surface area (Å²) in [5, 5.41) is 16.1. The Balaban J connectivity index is 1.46. The number of amides is 1. The van der Waals surface area contributed by atoms with Crippen molar-refractivity contribution in [1.29, 1.82) is 0 Å². The SMILES string of the molecule is Cc1ccc(C)c(NC(=O)CSc2nnc3n(Cc4cccs4)c(=O)c4sccc4n23)c1. The molecule has 0 bridgehead atoms. The maximum atomic E-state index is 13.1. The molecule has 162 valence electrons. The fourth-order valence-electron chi connectivity index (χ4n) is 3.48. The van der Waals surface area contributed by atoms with Gasteiger partial charge in [0, 0.05) is 10.6 Å². The Kier molecular flexibility index (Phi) is 5.58. The van der Waals surface area contributed by atoms with Crippen LogP contribution in [0.1, 0.15) is 16.0 Å². The number of aryl methyl sites for hydroxylation is 2. The van der Waals surface area contributed by atoms with Crippen molar-refractivity contribution >= 4 is 62.0 Å². The zero-order valence-electron chi connectivity index (χ0n) is 17.4. The Labute approximate surface area is 195 Å². The molecule has 5 aromatic rings. The predicted molar refractivity (Wildman–Crippen MR) is 131 cm³/mol. The Morgan fingerprint density at radius 2 is 2.00 bits per heavy atom. The average molecular weight is 482 g/mol. The summed E-state index contributed by atoms with van der Waals surface area (Å²) in [6.07, 6.45) is 0. The van der Waals surface area contributed by atoms with Gasteiger partial charge in [-0.2, -0.15) is 0 Å². The van der Waals surface area contributed by atoms with E-state index < -0.39 is 0 Å². The van der Waals surface area contributed by atoms with Gasteiger partial charge in [-0.1, -0.05) is 30.0 Å². The number of thiophene rings is 2. The normalized spacial score (nSPS) is 11.4. The van der Waals surface area contributed by atoms with Gasteiger partial charge in [-0.25, -0.2) is 0 Å². The van der Waals surface area contributed by atoms with Gasteiger partial charge in [0.1, 0.15) is 4.70 Å². The van der Waals surface area contributed by atoms with E-state index in [-0.39, 0.29) is 17.2 Å². The summed E-state index contributed by atoms with van der Waals surface area (Å²) in [5.41, 5.74) is 3.60. The molecule has 0 unspecified atom stereocenters. The van der Waals surface area contributed by atoms with Crippen LogP contribution in [0.15, 0.2) is 57.1 Å². The highest BCUT2D eigenvalue weighted by molar-refractivity contribution is 7.99. The standard InChI is InChI=1S/C22H19N5O2S3/c1-13-5-6-14(2)16(10-13)23-18(28)12-32-22-25-24-21-26(11-15-4-3-8-30-15)20(29)19-17(27(21)22)7-9-31-19/h3-10H,11-12H2,1-2H3,(H,23,28). The first-order valence-electron chi connectivity index (χ1n) is 9.88. The molecule has 0 atom stereocenters. The lowest BCUT2D eigenvalue weighted by Gasteiger charge is -2.10. The summed E-state index contributed by atoms with van der Waals surface area (Å²) in [7, 11) is 0. The van der Waals surface area contributed by atoms with E-state index in [2.05, 4.69) is 15.5 Å². The summed E-state index contributed by atoms with van der Waals surface area (Å²) >= 11 is 4.30. The van der Waals surface area contributed by atoms with Crippen LogP contribution in [0.3, 0.4) is 0 Å². The predicted octanol–water partition coefficient (Wildman–Crippen LogP) is 4.56. The first-order valence-corrected chi connectivity index (χ1v) is 12.6. The third-order valence-electron chi connectivity index (χ3n) is 5.08. The second-order valence-electron chi connectivity index (χ2n) is 7.38. The number of carbonyl (C=O) groups is 1. The van der Waals surface area contributed by atoms with E-state index in [0.717, 1.165) is 27.2 Å². The van der Waals surface area contributed by atoms with Crippen molar-refractivity contribution in [3.05, 3.63) is 73.5 Å². The molecule has 0 saturated carbocycles. The van der Waals surface area contributed by atoms with Crippen LogP contribution in [0, 0.1) is 13.8 Å². The number of benzene rings is 1. The minimum atomic E-state index is -0.117. The third kappa shape index (κ3) is 3.85. The van der Waals surface area contributed by atoms with Gasteiger partial charge in [0.15, 0.2) is 5.16 Å². The fourth-order valence-corrected chi connectivity index (χ4v) is 5.74. The molecular weight excluding hydrogens is 462 g/mol. The van der Waals surface area contributed by atoms with Gasteiger partial charge < -0.3 is 5.32 Å². The van der Waals surface area contributed by atoms with Crippen LogP contribution >= 0.6 is 34.4 Å². The lowest BCUT2D eigenvalue weighted by molar-refractivity contribution is -0.113. The molecule has 1 amide bonds. The highest BCUT2D eigenvalue weighted by atomic mass is 32.2. The summed E-state index contributed by atoms with van der Waals surface area (Å²) < 4.78 is 4.17. The van der Waals surface area contributed by atoms with Crippen LogP contribution in [0.25, 0.3) is 16.0 Å². The first kappa shape index (κ1) is 20.9. The van der Waals surface area contributed by atoms with Crippen molar-refractivity contribution in [1.82, 2.24) is 19.2 Å². The second kappa shape index (κ2) is 8.53. The molecule has 0 aliphatic heterocycles. The van der Waals surface area contributed by atoms with Gasteiger partial charge in [0.05, 0.1) is 17.8 Å². The van der Waals surface area contributed by atoms with Crippen LogP contribution in [-0.2, 0) is 11.3 Å². The van der Waals surface area contributed by atoms with E-state index >= 15 is 0 Å². The van der Waals surface area contributed by atoms with Crippen LogP contribution in [0.5, 0.6) is 0 Å². The number of anilines is 1. The summed E-state index contributed by atoms with van der Waals surface area (Å²) in [6.45, 7) is 4.39. The topological polar surface area (TPSA) is 81.3 Å². The van der Waals surface area contributed by atoms with Crippen molar-refractivity contribution in [3.63, 3.8) is 0 Å². The average Bonchev–Trinajstić information content (AvgIpc) is 3.52. The lowest BCUT2D eigenvalue weighted by Crippen LogP contribution is -2.22. The van der Waals surface area contributed by atoms with Gasteiger partial charge in [0.2, 0.25) is 11.7 Å². The summed E-state index contributed by atoms with van der Waals surface area (Å²) in [6, 6.07) is 11.8. The zero-order chi connectivity index (χ0) is 22.2. The fraction of sp³-hybridized carbons (Fsp3) is 0.182. The van der Waals surface area contributed by atoms with Gasteiger partial charge in [-0.15, -0.1) is 32.9 Å². The molecule has 0 fully saturated rings. The third-order valence-corrected chi connectivity index (χ3v) is 7.76. The number of hydrogen-bond donors (Lipinski definition) is 1. The van der Waals surface area contributed by atoms with Crippen molar-refractivity contribution in [2.24, 2.45) is 0 Å². The van der Waals surface area contributed by atoms with Gasteiger partial charge in [-0.3, -0.25) is 18.6 Å². The van der Waals surface area contributed by atoms with Crippen molar-refractivity contribution in [3.8, 4) is 0 Å². The molecule has 10 heteroatoms. The van der Waals surface area contributed by atoms with Crippen molar-refractivity contribution < 1.29 is 4.79 Å². The van der Waals surface area contributed by atoms with E-state index in [9.17, 15) is 9.59 Å². The van der Waals surface area contributed by atoms with Gasteiger partial charge in [0.25, 0.3) is 5.56 Å². The molecule has 5 rings (SSSR count).